The van der Waals surface area contributed by atoms with Crippen LogP contribution in [0.4, 0.5) is 0 Å². The summed E-state index contributed by atoms with van der Waals surface area (Å²) in [5.74, 6) is -0.890. The molecule has 1 saturated carbocycles. The molecule has 3 nitrogen and oxygen atoms in total. The van der Waals surface area contributed by atoms with Gasteiger partial charge >= 0.3 is 5.97 Å². The number of fused-ring (bicyclic) bond motifs is 1. The number of rotatable bonds is 3. The summed E-state index contributed by atoms with van der Waals surface area (Å²) in [6.45, 7) is 0. The number of aromatic carboxylic acids is 1. The molecule has 1 heterocycles. The highest BCUT2D eigenvalue weighted by Gasteiger charge is 2.21. The standard InChI is InChI=1S/C15H15NO2S/c17-15(18)12-9-16-13-8-4-3-7-11(13)14(12)19-10-5-1-2-6-10/h3-4,7-10H,1-2,5-6H2,(H,17,18). The van der Waals surface area contributed by atoms with Crippen molar-refractivity contribution in [3.8, 4) is 0 Å². The molecule has 1 aliphatic carbocycles. The van der Waals surface area contributed by atoms with Crippen LogP contribution in [0, 0.1) is 0 Å². The lowest BCUT2D eigenvalue weighted by Gasteiger charge is -2.13. The number of hydrogen-bond donors (Lipinski definition) is 1. The Labute approximate surface area is 116 Å². The highest BCUT2D eigenvalue weighted by Crippen LogP contribution is 2.39. The maximum atomic E-state index is 11.4. The van der Waals surface area contributed by atoms with Crippen molar-refractivity contribution in [3.05, 3.63) is 36.0 Å². The molecule has 1 aliphatic rings. The van der Waals surface area contributed by atoms with Crippen molar-refractivity contribution in [1.82, 2.24) is 4.98 Å². The summed E-state index contributed by atoms with van der Waals surface area (Å²) in [6, 6.07) is 7.76. The highest BCUT2D eigenvalue weighted by molar-refractivity contribution is 8.00. The first-order valence-corrected chi connectivity index (χ1v) is 7.41. The summed E-state index contributed by atoms with van der Waals surface area (Å²) in [5, 5.41) is 10.8. The van der Waals surface area contributed by atoms with Gasteiger partial charge < -0.3 is 5.11 Å². The van der Waals surface area contributed by atoms with Gasteiger partial charge in [-0.15, -0.1) is 11.8 Å². The largest absolute Gasteiger partial charge is 0.478 e. The normalized spacial score (nSPS) is 16.0. The molecule has 0 atom stereocenters. The Hall–Kier alpha value is -1.55. The van der Waals surface area contributed by atoms with Crippen molar-refractivity contribution in [2.75, 3.05) is 0 Å². The van der Waals surface area contributed by atoms with Gasteiger partial charge in [-0.1, -0.05) is 31.0 Å². The van der Waals surface area contributed by atoms with Gasteiger partial charge in [0.25, 0.3) is 0 Å². The second kappa shape index (κ2) is 5.21. The summed E-state index contributed by atoms with van der Waals surface area (Å²) in [6.07, 6.45) is 6.36. The van der Waals surface area contributed by atoms with E-state index in [-0.39, 0.29) is 0 Å². The summed E-state index contributed by atoms with van der Waals surface area (Å²) in [5.41, 5.74) is 1.20. The van der Waals surface area contributed by atoms with Gasteiger partial charge in [-0.3, -0.25) is 4.98 Å². The van der Waals surface area contributed by atoms with Gasteiger partial charge in [0, 0.05) is 21.7 Å². The monoisotopic (exact) mass is 273 g/mol. The number of pyridine rings is 1. The molecular formula is C15H15NO2S. The summed E-state index contributed by atoms with van der Waals surface area (Å²) < 4.78 is 0. The van der Waals surface area contributed by atoms with E-state index in [0.717, 1.165) is 15.8 Å². The van der Waals surface area contributed by atoms with E-state index in [2.05, 4.69) is 4.98 Å². The zero-order valence-corrected chi connectivity index (χ0v) is 11.3. The number of carbonyl (C=O) groups is 1. The molecule has 2 aromatic rings. The molecule has 0 spiro atoms. The molecule has 0 saturated heterocycles. The summed E-state index contributed by atoms with van der Waals surface area (Å²) in [4.78, 5) is 16.5. The van der Waals surface area contributed by atoms with Crippen LogP contribution in [0.15, 0.2) is 35.4 Å². The van der Waals surface area contributed by atoms with Crippen LogP contribution in [-0.2, 0) is 0 Å². The smallest absolute Gasteiger partial charge is 0.338 e. The van der Waals surface area contributed by atoms with Crippen LogP contribution >= 0.6 is 11.8 Å². The highest BCUT2D eigenvalue weighted by atomic mass is 32.2. The molecule has 1 aromatic carbocycles. The van der Waals surface area contributed by atoms with Gasteiger partial charge in [0.1, 0.15) is 0 Å². The van der Waals surface area contributed by atoms with E-state index >= 15 is 0 Å². The van der Waals surface area contributed by atoms with Crippen LogP contribution in [-0.4, -0.2) is 21.3 Å². The van der Waals surface area contributed by atoms with Gasteiger partial charge in [-0.05, 0) is 18.9 Å². The van der Waals surface area contributed by atoms with Crippen molar-refractivity contribution in [2.45, 2.75) is 35.8 Å². The maximum absolute atomic E-state index is 11.4. The molecule has 98 valence electrons. The van der Waals surface area contributed by atoms with E-state index < -0.39 is 5.97 Å². The number of carboxylic acids is 1. The van der Waals surface area contributed by atoms with Gasteiger partial charge in [0.2, 0.25) is 0 Å². The van der Waals surface area contributed by atoms with Crippen molar-refractivity contribution < 1.29 is 9.90 Å². The van der Waals surface area contributed by atoms with Crippen molar-refractivity contribution in [1.29, 1.82) is 0 Å². The van der Waals surface area contributed by atoms with Gasteiger partial charge in [0.05, 0.1) is 11.1 Å². The Morgan fingerprint density at radius 2 is 2.00 bits per heavy atom. The predicted molar refractivity (Wildman–Crippen MR) is 76.8 cm³/mol. The zero-order valence-electron chi connectivity index (χ0n) is 10.5. The Kier molecular flexibility index (Phi) is 3.42. The van der Waals surface area contributed by atoms with Crippen LogP contribution in [0.25, 0.3) is 10.9 Å². The number of thioether (sulfide) groups is 1. The number of aromatic nitrogens is 1. The minimum absolute atomic E-state index is 0.329. The van der Waals surface area contributed by atoms with E-state index in [1.54, 1.807) is 11.8 Å². The molecule has 0 unspecified atom stereocenters. The second-order valence-corrected chi connectivity index (χ2v) is 6.16. The lowest BCUT2D eigenvalue weighted by molar-refractivity contribution is 0.0693. The topological polar surface area (TPSA) is 50.2 Å². The molecule has 3 rings (SSSR count). The van der Waals surface area contributed by atoms with E-state index in [1.165, 1.54) is 31.9 Å². The molecule has 4 heteroatoms. The minimum Gasteiger partial charge on any atom is -0.478 e. The first kappa shape index (κ1) is 12.5. The molecule has 1 N–H and O–H groups in total. The predicted octanol–water partition coefficient (Wildman–Crippen LogP) is 3.97. The van der Waals surface area contributed by atoms with Crippen molar-refractivity contribution >= 4 is 28.6 Å². The maximum Gasteiger partial charge on any atom is 0.338 e. The van der Waals surface area contributed by atoms with Crippen LogP contribution in [0.3, 0.4) is 0 Å². The molecule has 0 amide bonds. The van der Waals surface area contributed by atoms with Crippen molar-refractivity contribution in [2.24, 2.45) is 0 Å². The van der Waals surface area contributed by atoms with Crippen LogP contribution in [0.2, 0.25) is 0 Å². The number of para-hydroxylation sites is 1. The molecule has 0 bridgehead atoms. The Morgan fingerprint density at radius 3 is 2.74 bits per heavy atom. The molecule has 19 heavy (non-hydrogen) atoms. The number of carboxylic acid groups (broad SMARTS) is 1. The van der Waals surface area contributed by atoms with Gasteiger partial charge in [0.15, 0.2) is 0 Å². The molecule has 1 fully saturated rings. The average molecular weight is 273 g/mol. The lowest BCUT2D eigenvalue weighted by Crippen LogP contribution is -2.03. The lowest BCUT2D eigenvalue weighted by atomic mass is 10.1. The Morgan fingerprint density at radius 1 is 1.26 bits per heavy atom. The van der Waals surface area contributed by atoms with E-state index in [9.17, 15) is 9.90 Å². The third kappa shape index (κ3) is 2.45. The Bertz CT molecular complexity index is 621. The average Bonchev–Trinajstić information content (AvgIpc) is 2.92. The fourth-order valence-corrected chi connectivity index (χ4v) is 4.04. The van der Waals surface area contributed by atoms with Crippen LogP contribution in [0.5, 0.6) is 0 Å². The number of hydrogen-bond acceptors (Lipinski definition) is 3. The first-order chi connectivity index (χ1) is 9.25. The molecule has 0 radical (unpaired) electrons. The minimum atomic E-state index is -0.890. The van der Waals surface area contributed by atoms with E-state index in [4.69, 9.17) is 0 Å². The second-order valence-electron chi connectivity index (χ2n) is 4.85. The number of benzene rings is 1. The Balaban J connectivity index is 2.10. The summed E-state index contributed by atoms with van der Waals surface area (Å²) in [7, 11) is 0. The van der Waals surface area contributed by atoms with E-state index in [1.807, 2.05) is 24.3 Å². The quantitative estimate of drug-likeness (QED) is 0.919. The molecule has 0 aliphatic heterocycles. The molecular weight excluding hydrogens is 258 g/mol. The zero-order chi connectivity index (χ0) is 13.2. The third-order valence-corrected chi connectivity index (χ3v) is 5.02. The van der Waals surface area contributed by atoms with Crippen molar-refractivity contribution in [3.63, 3.8) is 0 Å². The first-order valence-electron chi connectivity index (χ1n) is 6.53. The van der Waals surface area contributed by atoms with Gasteiger partial charge in [-0.25, -0.2) is 4.79 Å². The fraction of sp³-hybridized carbons (Fsp3) is 0.333. The third-order valence-electron chi connectivity index (χ3n) is 3.54. The van der Waals surface area contributed by atoms with E-state index in [0.29, 0.717) is 10.8 Å². The van der Waals surface area contributed by atoms with Crippen LogP contribution in [0.1, 0.15) is 36.0 Å². The van der Waals surface area contributed by atoms with Crippen LogP contribution < -0.4 is 0 Å². The number of nitrogens with zero attached hydrogens (tertiary/aromatic N) is 1. The molecule has 1 aromatic heterocycles. The SMILES string of the molecule is O=C(O)c1cnc2ccccc2c1SC1CCCC1. The summed E-state index contributed by atoms with van der Waals surface area (Å²) >= 11 is 1.71. The fourth-order valence-electron chi connectivity index (χ4n) is 2.57. The van der Waals surface area contributed by atoms with Gasteiger partial charge in [-0.2, -0.15) is 0 Å².